The Morgan fingerprint density at radius 2 is 1.72 bits per heavy atom. The fraction of sp³-hybridized carbons (Fsp3) is 0.105. The summed E-state index contributed by atoms with van der Waals surface area (Å²) in [5, 5.41) is 5.35. The first kappa shape index (κ1) is 20.8. The van der Waals surface area contributed by atoms with Crippen molar-refractivity contribution in [2.45, 2.75) is 6.18 Å². The Balaban J connectivity index is 1.77. The first-order valence-electron chi connectivity index (χ1n) is 8.20. The number of nitrogens with one attached hydrogen (secondary N) is 2. The van der Waals surface area contributed by atoms with Gasteiger partial charge >= 0.3 is 6.18 Å². The quantitative estimate of drug-likeness (QED) is 0.587. The van der Waals surface area contributed by atoms with E-state index in [4.69, 9.17) is 11.6 Å². The second-order valence-electron chi connectivity index (χ2n) is 5.81. The number of hydrogen-bond donors (Lipinski definition) is 2. The standard InChI is InChI=1S/C19H13ClF3N3O2S/c20-13-7-3-1-5-11(13)18-24-9-15(29-18)17(28)26-14-8-4-2-6-12(14)16(27)25-10-19(21,22)23/h1-9H,10H2,(H,25,27)(H,26,28). The van der Waals surface area contributed by atoms with E-state index in [0.717, 1.165) is 11.3 Å². The van der Waals surface area contributed by atoms with E-state index in [9.17, 15) is 22.8 Å². The molecule has 2 amide bonds. The highest BCUT2D eigenvalue weighted by Gasteiger charge is 2.28. The average molecular weight is 440 g/mol. The zero-order chi connectivity index (χ0) is 21.0. The summed E-state index contributed by atoms with van der Waals surface area (Å²) in [7, 11) is 0. The summed E-state index contributed by atoms with van der Waals surface area (Å²) in [6.07, 6.45) is -3.17. The molecule has 0 spiro atoms. The minimum Gasteiger partial charge on any atom is -0.343 e. The third kappa shape index (κ3) is 5.33. The van der Waals surface area contributed by atoms with Gasteiger partial charge in [0, 0.05) is 5.56 Å². The highest BCUT2D eigenvalue weighted by molar-refractivity contribution is 7.17. The van der Waals surface area contributed by atoms with Gasteiger partial charge in [-0.2, -0.15) is 13.2 Å². The van der Waals surface area contributed by atoms with Gasteiger partial charge in [-0.25, -0.2) is 4.98 Å². The molecule has 0 saturated heterocycles. The van der Waals surface area contributed by atoms with Crippen molar-refractivity contribution in [3.05, 3.63) is 70.2 Å². The summed E-state index contributed by atoms with van der Waals surface area (Å²) in [6.45, 7) is -1.47. The summed E-state index contributed by atoms with van der Waals surface area (Å²) in [4.78, 5) is 29.1. The molecule has 0 aliphatic carbocycles. The highest BCUT2D eigenvalue weighted by Crippen LogP contribution is 2.31. The van der Waals surface area contributed by atoms with Crippen LogP contribution in [0.4, 0.5) is 18.9 Å². The molecule has 2 N–H and O–H groups in total. The van der Waals surface area contributed by atoms with Gasteiger partial charge in [-0.15, -0.1) is 11.3 Å². The Labute approximate surface area is 172 Å². The summed E-state index contributed by atoms with van der Waals surface area (Å²) in [5.74, 6) is -1.49. The topological polar surface area (TPSA) is 71.1 Å². The number of rotatable bonds is 5. The summed E-state index contributed by atoms with van der Waals surface area (Å²) < 4.78 is 37.0. The Kier molecular flexibility index (Phi) is 6.19. The molecule has 0 atom stereocenters. The number of para-hydroxylation sites is 1. The zero-order valence-electron chi connectivity index (χ0n) is 14.6. The Bertz CT molecular complexity index is 1050. The lowest BCUT2D eigenvalue weighted by atomic mass is 10.1. The van der Waals surface area contributed by atoms with Crippen molar-refractivity contribution >= 4 is 40.4 Å². The molecule has 0 radical (unpaired) electrons. The molecule has 2 aromatic carbocycles. The van der Waals surface area contributed by atoms with Gasteiger partial charge in [-0.05, 0) is 18.2 Å². The maximum Gasteiger partial charge on any atom is 0.405 e. The van der Waals surface area contributed by atoms with E-state index in [-0.39, 0.29) is 16.1 Å². The van der Waals surface area contributed by atoms with Crippen molar-refractivity contribution in [2.24, 2.45) is 0 Å². The fourth-order valence-corrected chi connectivity index (χ4v) is 3.52. The van der Waals surface area contributed by atoms with E-state index < -0.39 is 24.5 Å². The van der Waals surface area contributed by atoms with Crippen molar-refractivity contribution in [3.63, 3.8) is 0 Å². The predicted octanol–water partition coefficient (Wildman–Crippen LogP) is 5.01. The van der Waals surface area contributed by atoms with Crippen molar-refractivity contribution in [1.29, 1.82) is 0 Å². The predicted molar refractivity (Wildman–Crippen MR) is 105 cm³/mol. The number of anilines is 1. The van der Waals surface area contributed by atoms with Crippen LogP contribution < -0.4 is 10.6 Å². The molecule has 0 bridgehead atoms. The van der Waals surface area contributed by atoms with Crippen LogP contribution in [0.1, 0.15) is 20.0 Å². The van der Waals surface area contributed by atoms with Crippen LogP contribution in [0.15, 0.2) is 54.7 Å². The van der Waals surface area contributed by atoms with E-state index in [1.165, 1.54) is 24.4 Å². The molecule has 0 aliphatic heterocycles. The molecular formula is C19H13ClF3N3O2S. The largest absolute Gasteiger partial charge is 0.405 e. The fourth-order valence-electron chi connectivity index (χ4n) is 2.39. The summed E-state index contributed by atoms with van der Waals surface area (Å²) >= 11 is 7.23. The van der Waals surface area contributed by atoms with E-state index in [1.807, 2.05) is 0 Å². The normalized spacial score (nSPS) is 11.2. The number of amides is 2. The molecule has 1 heterocycles. The van der Waals surface area contributed by atoms with Gasteiger partial charge in [0.15, 0.2) is 0 Å². The van der Waals surface area contributed by atoms with Gasteiger partial charge in [0.1, 0.15) is 16.4 Å². The summed E-state index contributed by atoms with van der Waals surface area (Å²) in [5.41, 5.74) is 0.677. The lowest BCUT2D eigenvalue weighted by Crippen LogP contribution is -2.34. The Morgan fingerprint density at radius 3 is 2.45 bits per heavy atom. The van der Waals surface area contributed by atoms with Gasteiger partial charge in [-0.1, -0.05) is 41.9 Å². The number of alkyl halides is 3. The Hall–Kier alpha value is -2.91. The number of nitrogens with zero attached hydrogens (tertiary/aromatic N) is 1. The van der Waals surface area contributed by atoms with Gasteiger partial charge in [0.2, 0.25) is 0 Å². The monoisotopic (exact) mass is 439 g/mol. The molecular weight excluding hydrogens is 427 g/mol. The molecule has 150 valence electrons. The first-order chi connectivity index (χ1) is 13.7. The number of carbonyl (C=O) groups excluding carboxylic acids is 2. The van der Waals surface area contributed by atoms with E-state index in [2.05, 4.69) is 10.3 Å². The van der Waals surface area contributed by atoms with Gasteiger partial charge in [0.05, 0.1) is 22.5 Å². The molecule has 0 saturated carbocycles. The zero-order valence-corrected chi connectivity index (χ0v) is 16.2. The molecule has 10 heteroatoms. The van der Waals surface area contributed by atoms with Crippen LogP contribution in [0.3, 0.4) is 0 Å². The molecule has 0 aliphatic rings. The second-order valence-corrected chi connectivity index (χ2v) is 7.24. The van der Waals surface area contributed by atoms with E-state index in [1.54, 1.807) is 35.6 Å². The van der Waals surface area contributed by atoms with E-state index >= 15 is 0 Å². The maximum absolute atomic E-state index is 12.6. The van der Waals surface area contributed by atoms with Gasteiger partial charge in [0.25, 0.3) is 11.8 Å². The van der Waals surface area contributed by atoms with Crippen LogP contribution in [0.5, 0.6) is 0 Å². The van der Waals surface area contributed by atoms with Crippen LogP contribution in [0.2, 0.25) is 5.02 Å². The van der Waals surface area contributed by atoms with E-state index in [0.29, 0.717) is 15.6 Å². The summed E-state index contributed by atoms with van der Waals surface area (Å²) in [6, 6.07) is 12.8. The van der Waals surface area contributed by atoms with Crippen molar-refractivity contribution in [3.8, 4) is 10.6 Å². The minimum absolute atomic E-state index is 0.0825. The van der Waals surface area contributed by atoms with Crippen molar-refractivity contribution < 1.29 is 22.8 Å². The lowest BCUT2D eigenvalue weighted by molar-refractivity contribution is -0.123. The third-order valence-corrected chi connectivity index (χ3v) is 5.06. The number of thiazole rings is 1. The average Bonchev–Trinajstić information content (AvgIpc) is 3.16. The van der Waals surface area contributed by atoms with Crippen molar-refractivity contribution in [2.75, 3.05) is 11.9 Å². The van der Waals surface area contributed by atoms with Gasteiger partial charge in [-0.3, -0.25) is 9.59 Å². The van der Waals surface area contributed by atoms with Crippen molar-refractivity contribution in [1.82, 2.24) is 10.3 Å². The minimum atomic E-state index is -4.54. The maximum atomic E-state index is 12.6. The number of hydrogen-bond acceptors (Lipinski definition) is 4. The number of carbonyl (C=O) groups is 2. The van der Waals surface area contributed by atoms with Crippen LogP contribution >= 0.6 is 22.9 Å². The highest BCUT2D eigenvalue weighted by atomic mass is 35.5. The lowest BCUT2D eigenvalue weighted by Gasteiger charge is -2.12. The first-order valence-corrected chi connectivity index (χ1v) is 9.40. The molecule has 0 unspecified atom stereocenters. The smallest absolute Gasteiger partial charge is 0.343 e. The van der Waals surface area contributed by atoms with Crippen LogP contribution in [-0.2, 0) is 0 Å². The number of halogens is 4. The molecule has 3 aromatic rings. The number of benzene rings is 2. The Morgan fingerprint density at radius 1 is 1.03 bits per heavy atom. The number of aromatic nitrogens is 1. The third-order valence-electron chi connectivity index (χ3n) is 3.70. The molecule has 3 rings (SSSR count). The molecule has 5 nitrogen and oxygen atoms in total. The van der Waals surface area contributed by atoms with Crippen LogP contribution in [-0.4, -0.2) is 29.5 Å². The van der Waals surface area contributed by atoms with Crippen LogP contribution in [0.25, 0.3) is 10.6 Å². The molecule has 29 heavy (non-hydrogen) atoms. The SMILES string of the molecule is O=C(Nc1ccccc1C(=O)NCC(F)(F)F)c1cnc(-c2ccccc2Cl)s1. The van der Waals surface area contributed by atoms with Gasteiger partial charge < -0.3 is 10.6 Å². The second kappa shape index (κ2) is 8.62. The molecule has 1 aromatic heterocycles. The molecule has 0 fully saturated rings. The van der Waals surface area contributed by atoms with Crippen LogP contribution in [0, 0.1) is 0 Å².